The molecular formula is C8H19NNaO7+. The topological polar surface area (TPSA) is 207 Å². The van der Waals surface area contributed by atoms with Crippen molar-refractivity contribution in [2.75, 3.05) is 5.32 Å². The summed E-state index contributed by atoms with van der Waals surface area (Å²) in [4.78, 5) is 10.5. The number of nitrogens with one attached hydrogen (secondary N) is 1. The van der Waals surface area contributed by atoms with Gasteiger partial charge in [-0.2, -0.15) is 0 Å². The van der Waals surface area contributed by atoms with E-state index in [0.29, 0.717) is 5.69 Å². The normalized spacial score (nSPS) is 5.94. The van der Waals surface area contributed by atoms with Crippen LogP contribution < -0.4 is 34.9 Å². The Morgan fingerprint density at radius 1 is 1.00 bits per heavy atom. The van der Waals surface area contributed by atoms with Crippen LogP contribution in [0.4, 0.5) is 5.69 Å². The Balaban J connectivity index is -0.0000000504. The Bertz CT molecular complexity index is 267. The summed E-state index contributed by atoms with van der Waals surface area (Å²) in [5.41, 5.74) is 0.690. The molecule has 0 bridgehead atoms. The quantitative estimate of drug-likeness (QED) is 0.375. The van der Waals surface area contributed by atoms with Crippen molar-refractivity contribution in [3.8, 4) is 5.75 Å². The predicted octanol–water partition coefficient (Wildman–Crippen LogP) is -5.77. The molecule has 0 fully saturated rings. The monoisotopic (exact) mass is 264 g/mol. The van der Waals surface area contributed by atoms with Gasteiger partial charge in [0.2, 0.25) is 5.91 Å². The molecule has 1 amide bonds. The zero-order valence-electron chi connectivity index (χ0n) is 9.66. The summed E-state index contributed by atoms with van der Waals surface area (Å²) < 4.78 is 0. The van der Waals surface area contributed by atoms with Crippen LogP contribution in [-0.2, 0) is 4.79 Å². The maximum atomic E-state index is 10.5. The molecule has 0 unspecified atom stereocenters. The van der Waals surface area contributed by atoms with E-state index in [1.165, 1.54) is 19.1 Å². The third kappa shape index (κ3) is 15.3. The summed E-state index contributed by atoms with van der Waals surface area (Å²) in [5.74, 6) is 0.0785. The van der Waals surface area contributed by atoms with Crippen LogP contribution in [0.5, 0.6) is 5.75 Å². The molecule has 0 radical (unpaired) electrons. The van der Waals surface area contributed by atoms with Gasteiger partial charge in [0.15, 0.2) is 0 Å². The summed E-state index contributed by atoms with van der Waals surface area (Å²) >= 11 is 0. The zero-order chi connectivity index (χ0) is 8.27. The second-order valence-electron chi connectivity index (χ2n) is 2.23. The van der Waals surface area contributed by atoms with Crippen LogP contribution in [0.2, 0.25) is 0 Å². The summed E-state index contributed by atoms with van der Waals surface area (Å²) in [6, 6.07) is 6.31. The molecule has 1 aromatic rings. The maximum Gasteiger partial charge on any atom is 1.00 e. The average molecular weight is 264 g/mol. The van der Waals surface area contributed by atoms with Crippen LogP contribution in [0.25, 0.3) is 0 Å². The Morgan fingerprint density at radius 2 is 1.35 bits per heavy atom. The first-order valence-electron chi connectivity index (χ1n) is 3.25. The second kappa shape index (κ2) is 17.7. The van der Waals surface area contributed by atoms with Gasteiger partial charge in [-0.05, 0) is 24.3 Å². The molecule has 1 rings (SSSR count). The van der Waals surface area contributed by atoms with Gasteiger partial charge in [0.1, 0.15) is 5.75 Å². The third-order valence-electron chi connectivity index (χ3n) is 1.19. The summed E-state index contributed by atoms with van der Waals surface area (Å²) in [5, 5.41) is 11.5. The molecule has 0 aliphatic rings. The van der Waals surface area contributed by atoms with E-state index in [1.807, 2.05) is 0 Å². The standard InChI is InChI=1S/C8H9NO2.Na.5H2O/c1-6(10)9-7-2-4-8(11)5-3-7;;;;;;/h2-5,11H,1H3,(H,9,10);;5*1H2/q;+1;;;;;. The van der Waals surface area contributed by atoms with Crippen molar-refractivity contribution in [1.29, 1.82) is 0 Å². The summed E-state index contributed by atoms with van der Waals surface area (Å²) in [6.07, 6.45) is 0. The van der Waals surface area contributed by atoms with E-state index in [1.54, 1.807) is 12.1 Å². The molecular weight excluding hydrogens is 245 g/mol. The Morgan fingerprint density at radius 3 is 1.65 bits per heavy atom. The first kappa shape index (κ1) is 36.0. The van der Waals surface area contributed by atoms with Crippen molar-refractivity contribution in [2.45, 2.75) is 6.92 Å². The number of carbonyl (C=O) groups is 1. The van der Waals surface area contributed by atoms with E-state index in [2.05, 4.69) is 5.32 Å². The molecule has 0 heterocycles. The average Bonchev–Trinajstić information content (AvgIpc) is 1.93. The maximum absolute atomic E-state index is 10.5. The molecule has 0 saturated carbocycles. The van der Waals surface area contributed by atoms with Crippen molar-refractivity contribution in [2.24, 2.45) is 0 Å². The van der Waals surface area contributed by atoms with E-state index in [9.17, 15) is 4.79 Å². The van der Waals surface area contributed by atoms with Crippen molar-refractivity contribution in [1.82, 2.24) is 0 Å². The van der Waals surface area contributed by atoms with Gasteiger partial charge in [-0.3, -0.25) is 4.79 Å². The van der Waals surface area contributed by atoms with E-state index >= 15 is 0 Å². The molecule has 12 N–H and O–H groups in total. The SMILES string of the molecule is CC(=O)Nc1ccc(O)cc1.O.O.O.O.O.[Na+]. The first-order chi connectivity index (χ1) is 5.18. The number of phenols is 1. The van der Waals surface area contributed by atoms with Gasteiger partial charge in [0.05, 0.1) is 0 Å². The molecule has 9 heteroatoms. The van der Waals surface area contributed by atoms with Crippen molar-refractivity contribution < 1.29 is 66.8 Å². The minimum Gasteiger partial charge on any atom is -0.508 e. The molecule has 17 heavy (non-hydrogen) atoms. The fraction of sp³-hybridized carbons (Fsp3) is 0.125. The van der Waals surface area contributed by atoms with Crippen LogP contribution in [0.3, 0.4) is 0 Å². The minimum absolute atomic E-state index is 0. The van der Waals surface area contributed by atoms with Crippen LogP contribution in [-0.4, -0.2) is 38.4 Å². The molecule has 1 aromatic carbocycles. The predicted molar refractivity (Wildman–Crippen MR) is 60.5 cm³/mol. The molecule has 0 aromatic heterocycles. The number of aromatic hydroxyl groups is 1. The van der Waals surface area contributed by atoms with Crippen molar-refractivity contribution in [3.63, 3.8) is 0 Å². The Labute approximate surface area is 120 Å². The number of rotatable bonds is 1. The van der Waals surface area contributed by atoms with Crippen LogP contribution in [0, 0.1) is 0 Å². The minimum atomic E-state index is -0.115. The van der Waals surface area contributed by atoms with Gasteiger partial charge in [-0.15, -0.1) is 0 Å². The summed E-state index contributed by atoms with van der Waals surface area (Å²) in [7, 11) is 0. The molecule has 0 atom stereocenters. The number of benzene rings is 1. The van der Waals surface area contributed by atoms with E-state index < -0.39 is 0 Å². The number of phenolic OH excluding ortho intramolecular Hbond substituents is 1. The van der Waals surface area contributed by atoms with Crippen LogP contribution in [0.15, 0.2) is 24.3 Å². The van der Waals surface area contributed by atoms with Gasteiger partial charge in [-0.1, -0.05) is 0 Å². The van der Waals surface area contributed by atoms with Crippen molar-refractivity contribution in [3.05, 3.63) is 24.3 Å². The third-order valence-corrected chi connectivity index (χ3v) is 1.19. The molecule has 8 nitrogen and oxygen atoms in total. The number of carbonyl (C=O) groups excluding carboxylic acids is 1. The first-order valence-corrected chi connectivity index (χ1v) is 3.25. The fourth-order valence-electron chi connectivity index (χ4n) is 0.748. The molecule has 0 aliphatic heterocycles. The molecule has 0 spiro atoms. The van der Waals surface area contributed by atoms with Gasteiger partial charge in [0, 0.05) is 12.6 Å². The summed E-state index contributed by atoms with van der Waals surface area (Å²) in [6.45, 7) is 1.44. The molecule has 98 valence electrons. The molecule has 0 saturated heterocycles. The van der Waals surface area contributed by atoms with Crippen LogP contribution in [0.1, 0.15) is 6.92 Å². The van der Waals surface area contributed by atoms with E-state index in [-0.39, 0.29) is 68.6 Å². The van der Waals surface area contributed by atoms with E-state index in [4.69, 9.17) is 5.11 Å². The van der Waals surface area contributed by atoms with Gasteiger partial charge < -0.3 is 37.8 Å². The Hall–Kier alpha value is -0.710. The van der Waals surface area contributed by atoms with Gasteiger partial charge in [-0.25, -0.2) is 0 Å². The number of anilines is 1. The second-order valence-corrected chi connectivity index (χ2v) is 2.23. The Kier molecular flexibility index (Phi) is 37.4. The zero-order valence-corrected chi connectivity index (χ0v) is 11.7. The number of hydrogen-bond acceptors (Lipinski definition) is 2. The fourth-order valence-corrected chi connectivity index (χ4v) is 0.748. The van der Waals surface area contributed by atoms with Gasteiger partial charge in [0.25, 0.3) is 0 Å². The largest absolute Gasteiger partial charge is 1.00 e. The number of hydrogen-bond donors (Lipinski definition) is 2. The smallest absolute Gasteiger partial charge is 0.508 e. The van der Waals surface area contributed by atoms with Gasteiger partial charge >= 0.3 is 29.6 Å². The van der Waals surface area contributed by atoms with E-state index in [0.717, 1.165) is 0 Å². The number of amides is 1. The van der Waals surface area contributed by atoms with Crippen LogP contribution >= 0.6 is 0 Å². The van der Waals surface area contributed by atoms with Crippen molar-refractivity contribution >= 4 is 11.6 Å². The molecule has 0 aliphatic carbocycles.